The first-order valence-corrected chi connectivity index (χ1v) is 8.28. The highest BCUT2D eigenvalue weighted by Crippen LogP contribution is 2.32. The van der Waals surface area contributed by atoms with Gasteiger partial charge < -0.3 is 10.5 Å². The van der Waals surface area contributed by atoms with Crippen molar-refractivity contribution in [2.45, 2.75) is 19.9 Å². The number of methoxy groups -OCH3 is 1. The smallest absolute Gasteiger partial charge is 0.123 e. The van der Waals surface area contributed by atoms with E-state index in [2.05, 4.69) is 54.3 Å². The van der Waals surface area contributed by atoms with Crippen LogP contribution in [0.15, 0.2) is 48.5 Å². The maximum atomic E-state index is 5.91. The fourth-order valence-corrected chi connectivity index (χ4v) is 3.35. The van der Waals surface area contributed by atoms with E-state index < -0.39 is 0 Å². The van der Waals surface area contributed by atoms with Crippen molar-refractivity contribution >= 4 is 0 Å². The molecule has 1 saturated heterocycles. The summed E-state index contributed by atoms with van der Waals surface area (Å²) in [4.78, 5) is 2.48. The Morgan fingerprint density at radius 3 is 2.57 bits per heavy atom. The van der Waals surface area contributed by atoms with Gasteiger partial charge in [-0.15, -0.1) is 0 Å². The number of hydrogen-bond acceptors (Lipinski definition) is 3. The highest BCUT2D eigenvalue weighted by atomic mass is 16.5. The molecule has 2 aromatic rings. The molecule has 0 saturated carbocycles. The number of rotatable bonds is 5. The van der Waals surface area contributed by atoms with Crippen LogP contribution in [-0.2, 0) is 6.54 Å². The number of ether oxygens (including phenoxy) is 1. The summed E-state index contributed by atoms with van der Waals surface area (Å²) < 4.78 is 5.64. The lowest BCUT2D eigenvalue weighted by Gasteiger charge is -2.23. The van der Waals surface area contributed by atoms with Crippen molar-refractivity contribution in [1.82, 2.24) is 4.90 Å². The van der Waals surface area contributed by atoms with Crippen molar-refractivity contribution in [2.75, 3.05) is 26.7 Å². The Hall–Kier alpha value is -1.84. The first-order chi connectivity index (χ1) is 11.1. The lowest BCUT2D eigenvalue weighted by molar-refractivity contribution is 0.270. The van der Waals surface area contributed by atoms with Gasteiger partial charge in [-0.25, -0.2) is 0 Å². The van der Waals surface area contributed by atoms with Gasteiger partial charge in [0.05, 0.1) is 7.11 Å². The van der Waals surface area contributed by atoms with Crippen LogP contribution in [0, 0.1) is 5.41 Å². The van der Waals surface area contributed by atoms with Crippen molar-refractivity contribution in [3.8, 4) is 16.9 Å². The normalized spacial score (nSPS) is 21.5. The van der Waals surface area contributed by atoms with Crippen molar-refractivity contribution < 1.29 is 4.74 Å². The molecule has 1 atom stereocenters. The Balaban J connectivity index is 1.78. The van der Waals surface area contributed by atoms with Gasteiger partial charge in [-0.05, 0) is 42.1 Å². The number of nitrogens with zero attached hydrogens (tertiary/aromatic N) is 1. The maximum absolute atomic E-state index is 5.91. The molecule has 3 heteroatoms. The second-order valence-corrected chi connectivity index (χ2v) is 6.87. The van der Waals surface area contributed by atoms with E-state index in [9.17, 15) is 0 Å². The summed E-state index contributed by atoms with van der Waals surface area (Å²) in [6.45, 7) is 6.13. The summed E-state index contributed by atoms with van der Waals surface area (Å²) in [5.41, 5.74) is 9.83. The summed E-state index contributed by atoms with van der Waals surface area (Å²) >= 11 is 0. The van der Waals surface area contributed by atoms with Gasteiger partial charge in [0.1, 0.15) is 5.75 Å². The average Bonchev–Trinajstić information content (AvgIpc) is 2.98. The van der Waals surface area contributed by atoms with E-state index in [-0.39, 0.29) is 5.41 Å². The van der Waals surface area contributed by atoms with Crippen molar-refractivity contribution in [3.05, 3.63) is 54.1 Å². The third-order valence-corrected chi connectivity index (χ3v) is 4.92. The van der Waals surface area contributed by atoms with Crippen LogP contribution < -0.4 is 10.5 Å². The molecule has 0 aromatic heterocycles. The quantitative estimate of drug-likeness (QED) is 0.918. The molecule has 0 spiro atoms. The van der Waals surface area contributed by atoms with Crippen molar-refractivity contribution in [1.29, 1.82) is 0 Å². The van der Waals surface area contributed by atoms with Crippen molar-refractivity contribution in [2.24, 2.45) is 11.1 Å². The Bertz CT molecular complexity index is 656. The van der Waals surface area contributed by atoms with E-state index in [1.54, 1.807) is 7.11 Å². The van der Waals surface area contributed by atoms with Crippen molar-refractivity contribution in [3.63, 3.8) is 0 Å². The molecule has 2 aromatic carbocycles. The molecular formula is C20H26N2O. The second-order valence-electron chi connectivity index (χ2n) is 6.87. The number of nitrogens with two attached hydrogens (primary N) is 1. The van der Waals surface area contributed by atoms with Gasteiger partial charge in [0.2, 0.25) is 0 Å². The predicted molar refractivity (Wildman–Crippen MR) is 95.5 cm³/mol. The molecule has 122 valence electrons. The third kappa shape index (κ3) is 3.57. The van der Waals surface area contributed by atoms with Crippen LogP contribution in [-0.4, -0.2) is 31.6 Å². The summed E-state index contributed by atoms with van der Waals surface area (Å²) in [7, 11) is 1.75. The molecule has 1 unspecified atom stereocenters. The molecule has 0 bridgehead atoms. The predicted octanol–water partition coefficient (Wildman–Crippen LogP) is 3.53. The van der Waals surface area contributed by atoms with Gasteiger partial charge in [0.15, 0.2) is 0 Å². The minimum absolute atomic E-state index is 0.261. The largest absolute Gasteiger partial charge is 0.496 e. The summed E-state index contributed by atoms with van der Waals surface area (Å²) in [5, 5.41) is 0. The van der Waals surface area contributed by atoms with Crippen LogP contribution >= 0.6 is 0 Å². The zero-order chi connectivity index (χ0) is 16.3. The van der Waals surface area contributed by atoms with Crippen LogP contribution in [0.4, 0.5) is 0 Å². The van der Waals surface area contributed by atoms with Gasteiger partial charge in [0, 0.05) is 18.7 Å². The van der Waals surface area contributed by atoms with Gasteiger partial charge in [-0.1, -0.05) is 49.4 Å². The monoisotopic (exact) mass is 310 g/mol. The van der Waals surface area contributed by atoms with E-state index in [0.717, 1.165) is 31.9 Å². The highest BCUT2D eigenvalue weighted by molar-refractivity contribution is 5.66. The van der Waals surface area contributed by atoms with E-state index >= 15 is 0 Å². The molecule has 0 radical (unpaired) electrons. The standard InChI is InChI=1S/C20H26N2O/c1-20(14-21)10-11-22(15-20)13-18-9-8-17(12-19(18)23-2)16-6-4-3-5-7-16/h3-9,12H,10-11,13-15,21H2,1-2H3. The van der Waals surface area contributed by atoms with E-state index in [4.69, 9.17) is 10.5 Å². The summed E-state index contributed by atoms with van der Waals surface area (Å²) in [6, 6.07) is 16.9. The number of likely N-dealkylation sites (tertiary alicyclic amines) is 1. The van der Waals surface area contributed by atoms with Crippen LogP contribution in [0.25, 0.3) is 11.1 Å². The topological polar surface area (TPSA) is 38.5 Å². The van der Waals surface area contributed by atoms with E-state index in [0.29, 0.717) is 0 Å². The molecule has 0 amide bonds. The Kier molecular flexibility index (Phi) is 4.69. The maximum Gasteiger partial charge on any atom is 0.123 e. The molecule has 3 nitrogen and oxygen atoms in total. The fourth-order valence-electron chi connectivity index (χ4n) is 3.35. The van der Waals surface area contributed by atoms with Gasteiger partial charge in [-0.3, -0.25) is 4.90 Å². The molecule has 1 aliphatic heterocycles. The lowest BCUT2D eigenvalue weighted by atomic mass is 9.90. The molecule has 2 N–H and O–H groups in total. The Morgan fingerprint density at radius 1 is 1.13 bits per heavy atom. The molecule has 1 heterocycles. The highest BCUT2D eigenvalue weighted by Gasteiger charge is 2.32. The average molecular weight is 310 g/mol. The first kappa shape index (κ1) is 16.0. The number of hydrogen-bond donors (Lipinski definition) is 1. The molecule has 1 fully saturated rings. The molecule has 3 rings (SSSR count). The minimum Gasteiger partial charge on any atom is -0.496 e. The van der Waals surface area contributed by atoms with E-state index in [1.165, 1.54) is 23.1 Å². The fraction of sp³-hybridized carbons (Fsp3) is 0.400. The zero-order valence-corrected chi connectivity index (χ0v) is 14.1. The van der Waals surface area contributed by atoms with Crippen LogP contribution in [0.2, 0.25) is 0 Å². The summed E-state index contributed by atoms with van der Waals surface area (Å²) in [5.74, 6) is 0.965. The molecular weight excluding hydrogens is 284 g/mol. The first-order valence-electron chi connectivity index (χ1n) is 8.28. The van der Waals surface area contributed by atoms with Crippen LogP contribution in [0.1, 0.15) is 18.9 Å². The van der Waals surface area contributed by atoms with Gasteiger partial charge in [0.25, 0.3) is 0 Å². The van der Waals surface area contributed by atoms with Gasteiger partial charge in [-0.2, -0.15) is 0 Å². The Labute approximate surface area is 139 Å². The van der Waals surface area contributed by atoms with Crippen LogP contribution in [0.5, 0.6) is 5.75 Å². The minimum atomic E-state index is 0.261. The van der Waals surface area contributed by atoms with Gasteiger partial charge >= 0.3 is 0 Å². The zero-order valence-electron chi connectivity index (χ0n) is 14.1. The SMILES string of the molecule is COc1cc(-c2ccccc2)ccc1CN1CCC(C)(CN)C1. The Morgan fingerprint density at radius 2 is 1.91 bits per heavy atom. The number of benzene rings is 2. The van der Waals surface area contributed by atoms with Crippen LogP contribution in [0.3, 0.4) is 0 Å². The summed E-state index contributed by atoms with van der Waals surface area (Å²) in [6.07, 6.45) is 1.17. The van der Waals surface area contributed by atoms with E-state index in [1.807, 2.05) is 6.07 Å². The molecule has 0 aliphatic carbocycles. The third-order valence-electron chi connectivity index (χ3n) is 4.92. The second kappa shape index (κ2) is 6.73. The molecule has 23 heavy (non-hydrogen) atoms. The molecule has 1 aliphatic rings. The lowest BCUT2D eigenvalue weighted by Crippen LogP contribution is -2.31.